The molecule has 2 aromatic carbocycles. The second-order valence-corrected chi connectivity index (χ2v) is 10.5. The number of hydrogen-bond donors (Lipinski definition) is 1. The van der Waals surface area contributed by atoms with Crippen LogP contribution in [0.1, 0.15) is 44.2 Å². The van der Waals surface area contributed by atoms with Gasteiger partial charge in [-0.05, 0) is 50.2 Å². The Labute approximate surface area is 203 Å². The predicted molar refractivity (Wildman–Crippen MR) is 135 cm³/mol. The first-order valence-electron chi connectivity index (χ1n) is 12.2. The smallest absolute Gasteiger partial charge is 0.233 e. The highest BCUT2D eigenvalue weighted by atomic mass is 32.2. The molecular weight excluding hydrogens is 442 g/mol. The van der Waals surface area contributed by atoms with Gasteiger partial charge >= 0.3 is 0 Å². The molecule has 2 aliphatic carbocycles. The molecular formula is C27H29N5OS. The van der Waals surface area contributed by atoms with Crippen LogP contribution in [0.3, 0.4) is 0 Å². The molecule has 6 nitrogen and oxygen atoms in total. The summed E-state index contributed by atoms with van der Waals surface area (Å²) in [5.41, 5.74) is 3.34. The van der Waals surface area contributed by atoms with Crippen LogP contribution in [-0.4, -0.2) is 42.4 Å². The van der Waals surface area contributed by atoms with E-state index in [9.17, 15) is 4.79 Å². The Morgan fingerprint density at radius 2 is 1.85 bits per heavy atom. The number of nitrogens with zero attached hydrogens (tertiary/aromatic N) is 4. The molecule has 1 amide bonds. The number of amides is 1. The van der Waals surface area contributed by atoms with Crippen molar-refractivity contribution in [2.75, 3.05) is 5.75 Å². The number of H-pyrrole nitrogens is 1. The summed E-state index contributed by atoms with van der Waals surface area (Å²) in [5.74, 6) is 2.07. The van der Waals surface area contributed by atoms with Crippen LogP contribution < -0.4 is 0 Å². The summed E-state index contributed by atoms with van der Waals surface area (Å²) >= 11 is 1.52. The minimum atomic E-state index is 0.173. The summed E-state index contributed by atoms with van der Waals surface area (Å²) < 4.78 is 2.25. The maximum absolute atomic E-state index is 13.4. The molecule has 0 bridgehead atoms. The van der Waals surface area contributed by atoms with Gasteiger partial charge in [-0.25, -0.2) is 0 Å². The van der Waals surface area contributed by atoms with Crippen molar-refractivity contribution in [1.29, 1.82) is 0 Å². The third kappa shape index (κ3) is 4.25. The second-order valence-electron chi connectivity index (χ2n) is 9.53. The average Bonchev–Trinajstić information content (AvgIpc) is 3.80. The Hall–Kier alpha value is -3.06. The standard InChI is InChI=1S/C27H29N5OS/c1-18(20-11-12-20)31(16-19-7-3-2-4-8-19)25(33)17-34-27-30-29-26(32(27)21-13-14-21)23-15-28-24-10-6-5-9-22(23)24/h2-10,15,18,20-21,28H,11-14,16-17H2,1H3/t18-/m1/s1. The van der Waals surface area contributed by atoms with Gasteiger partial charge in [0, 0.05) is 41.3 Å². The van der Waals surface area contributed by atoms with E-state index in [1.807, 2.05) is 36.5 Å². The number of nitrogens with one attached hydrogen (secondary N) is 1. The molecule has 0 saturated heterocycles. The Kier molecular flexibility index (Phi) is 5.65. The van der Waals surface area contributed by atoms with Crippen molar-refractivity contribution >= 4 is 28.6 Å². The molecule has 0 radical (unpaired) electrons. The summed E-state index contributed by atoms with van der Waals surface area (Å²) in [4.78, 5) is 18.9. The van der Waals surface area contributed by atoms with E-state index in [1.165, 1.54) is 30.2 Å². The van der Waals surface area contributed by atoms with Crippen molar-refractivity contribution < 1.29 is 4.79 Å². The summed E-state index contributed by atoms with van der Waals surface area (Å²) in [6.45, 7) is 2.86. The maximum atomic E-state index is 13.4. The van der Waals surface area contributed by atoms with Gasteiger partial charge in [0.15, 0.2) is 11.0 Å². The van der Waals surface area contributed by atoms with Crippen molar-refractivity contribution in [3.05, 3.63) is 66.4 Å². The van der Waals surface area contributed by atoms with Crippen LogP contribution >= 0.6 is 11.8 Å². The normalized spacial score (nSPS) is 16.6. The number of aromatic amines is 1. The molecule has 2 fully saturated rings. The van der Waals surface area contributed by atoms with Gasteiger partial charge in [0.1, 0.15) is 0 Å². The first-order chi connectivity index (χ1) is 16.7. The number of aromatic nitrogens is 4. The van der Waals surface area contributed by atoms with Crippen LogP contribution in [0, 0.1) is 5.92 Å². The highest BCUT2D eigenvalue weighted by molar-refractivity contribution is 7.99. The molecule has 4 aromatic rings. The molecule has 2 aromatic heterocycles. The maximum Gasteiger partial charge on any atom is 0.233 e. The van der Waals surface area contributed by atoms with Crippen molar-refractivity contribution in [3.63, 3.8) is 0 Å². The molecule has 7 heteroatoms. The lowest BCUT2D eigenvalue weighted by atomic mass is 10.1. The van der Waals surface area contributed by atoms with E-state index in [0.29, 0.717) is 24.3 Å². The topological polar surface area (TPSA) is 66.8 Å². The summed E-state index contributed by atoms with van der Waals surface area (Å²) in [6.07, 6.45) is 6.72. The highest BCUT2D eigenvalue weighted by Crippen LogP contribution is 2.42. The first kappa shape index (κ1) is 21.5. The number of para-hydroxylation sites is 1. The van der Waals surface area contributed by atoms with Gasteiger partial charge in [0.05, 0.1) is 5.75 Å². The average molecular weight is 472 g/mol. The van der Waals surface area contributed by atoms with Gasteiger partial charge in [-0.1, -0.05) is 60.3 Å². The van der Waals surface area contributed by atoms with E-state index in [2.05, 4.69) is 55.8 Å². The van der Waals surface area contributed by atoms with E-state index in [1.54, 1.807) is 0 Å². The summed E-state index contributed by atoms with van der Waals surface area (Å²) in [6, 6.07) is 19.3. The molecule has 0 aliphatic heterocycles. The minimum absolute atomic E-state index is 0.173. The van der Waals surface area contributed by atoms with Crippen molar-refractivity contribution in [2.45, 2.75) is 56.4 Å². The Morgan fingerprint density at radius 3 is 2.62 bits per heavy atom. The van der Waals surface area contributed by atoms with Crippen molar-refractivity contribution in [3.8, 4) is 11.4 Å². The van der Waals surface area contributed by atoms with Gasteiger partial charge in [-0.2, -0.15) is 0 Å². The number of carbonyl (C=O) groups excluding carboxylic acids is 1. The number of fused-ring (bicyclic) bond motifs is 1. The zero-order valence-electron chi connectivity index (χ0n) is 19.4. The minimum Gasteiger partial charge on any atom is -0.360 e. The lowest BCUT2D eigenvalue weighted by molar-refractivity contribution is -0.131. The third-order valence-corrected chi connectivity index (χ3v) is 7.97. The van der Waals surface area contributed by atoms with Crippen LogP contribution in [0.15, 0.2) is 66.0 Å². The second kappa shape index (κ2) is 8.95. The molecule has 2 aliphatic rings. The zero-order valence-corrected chi connectivity index (χ0v) is 20.2. The number of hydrogen-bond acceptors (Lipinski definition) is 4. The van der Waals surface area contributed by atoms with E-state index in [4.69, 9.17) is 0 Å². The van der Waals surface area contributed by atoms with E-state index >= 15 is 0 Å². The monoisotopic (exact) mass is 471 g/mol. The molecule has 2 heterocycles. The molecule has 6 rings (SSSR count). The molecule has 0 spiro atoms. The van der Waals surface area contributed by atoms with E-state index in [0.717, 1.165) is 40.3 Å². The quantitative estimate of drug-likeness (QED) is 0.319. The van der Waals surface area contributed by atoms with E-state index in [-0.39, 0.29) is 11.9 Å². The van der Waals surface area contributed by atoms with Gasteiger partial charge in [0.2, 0.25) is 5.91 Å². The van der Waals surface area contributed by atoms with Crippen LogP contribution in [0.2, 0.25) is 0 Å². The Morgan fingerprint density at radius 1 is 1.09 bits per heavy atom. The number of thioether (sulfide) groups is 1. The molecule has 1 atom stereocenters. The fourth-order valence-corrected chi connectivity index (χ4v) is 5.65. The fraction of sp³-hybridized carbons (Fsp3) is 0.370. The Bertz CT molecular complexity index is 1310. The molecule has 1 N–H and O–H groups in total. The SMILES string of the molecule is C[C@H](C1CC1)N(Cc1ccccc1)C(=O)CSc1nnc(-c2c[nH]c3ccccc23)n1C1CC1. The lowest BCUT2D eigenvalue weighted by Gasteiger charge is -2.29. The molecule has 2 saturated carbocycles. The molecule has 0 unspecified atom stereocenters. The first-order valence-corrected chi connectivity index (χ1v) is 13.1. The number of benzene rings is 2. The molecule has 174 valence electrons. The summed E-state index contributed by atoms with van der Waals surface area (Å²) in [5, 5.41) is 11.1. The van der Waals surface area contributed by atoms with E-state index < -0.39 is 0 Å². The predicted octanol–water partition coefficient (Wildman–Crippen LogP) is 5.68. The number of rotatable bonds is 9. The van der Waals surface area contributed by atoms with Gasteiger partial charge < -0.3 is 9.88 Å². The third-order valence-electron chi connectivity index (χ3n) is 7.04. The van der Waals surface area contributed by atoms with Gasteiger partial charge in [-0.15, -0.1) is 10.2 Å². The van der Waals surface area contributed by atoms with Crippen LogP contribution in [-0.2, 0) is 11.3 Å². The van der Waals surface area contributed by atoms with Gasteiger partial charge in [-0.3, -0.25) is 9.36 Å². The Balaban J connectivity index is 1.23. The zero-order chi connectivity index (χ0) is 23.1. The van der Waals surface area contributed by atoms with Crippen molar-refractivity contribution in [1.82, 2.24) is 24.6 Å². The lowest BCUT2D eigenvalue weighted by Crippen LogP contribution is -2.40. The fourth-order valence-electron chi connectivity index (χ4n) is 4.76. The van der Waals surface area contributed by atoms with Crippen molar-refractivity contribution in [2.24, 2.45) is 5.92 Å². The highest BCUT2D eigenvalue weighted by Gasteiger charge is 2.35. The van der Waals surface area contributed by atoms with Gasteiger partial charge in [0.25, 0.3) is 0 Å². The van der Waals surface area contributed by atoms with Crippen LogP contribution in [0.25, 0.3) is 22.3 Å². The van der Waals surface area contributed by atoms with Crippen LogP contribution in [0.4, 0.5) is 0 Å². The molecule has 34 heavy (non-hydrogen) atoms. The largest absolute Gasteiger partial charge is 0.360 e. The summed E-state index contributed by atoms with van der Waals surface area (Å²) in [7, 11) is 0. The van der Waals surface area contributed by atoms with Crippen LogP contribution in [0.5, 0.6) is 0 Å². The number of carbonyl (C=O) groups is 1.